The van der Waals surface area contributed by atoms with E-state index in [2.05, 4.69) is 25.8 Å². The van der Waals surface area contributed by atoms with Gasteiger partial charge in [0.15, 0.2) is 11.6 Å². The highest BCUT2D eigenvalue weighted by atomic mass is 35.5. The molecule has 30 heavy (non-hydrogen) atoms. The highest BCUT2D eigenvalue weighted by Gasteiger charge is 2.25. The van der Waals surface area contributed by atoms with Gasteiger partial charge in [0, 0.05) is 28.9 Å². The summed E-state index contributed by atoms with van der Waals surface area (Å²) in [6.07, 6.45) is 2.66. The number of halogens is 4. The third-order valence-electron chi connectivity index (χ3n) is 4.33. The van der Waals surface area contributed by atoms with Crippen LogP contribution < -0.4 is 5.32 Å². The summed E-state index contributed by atoms with van der Waals surface area (Å²) >= 11 is 5.98. The van der Waals surface area contributed by atoms with Gasteiger partial charge >= 0.3 is 6.43 Å². The number of nitrogens with zero attached hydrogens (tertiary/aromatic N) is 5. The molecule has 0 saturated carbocycles. The summed E-state index contributed by atoms with van der Waals surface area (Å²) in [4.78, 5) is 11.6. The molecule has 0 aliphatic carbocycles. The molecule has 0 aliphatic rings. The van der Waals surface area contributed by atoms with E-state index in [1.807, 2.05) is 0 Å². The zero-order valence-electron chi connectivity index (χ0n) is 15.0. The molecule has 1 aromatic carbocycles. The fourth-order valence-corrected chi connectivity index (χ4v) is 3.26. The number of rotatable bonds is 6. The number of nitrogens with one attached hydrogen (secondary N) is 2. The summed E-state index contributed by atoms with van der Waals surface area (Å²) < 4.78 is 43.4. The molecule has 3 heterocycles. The summed E-state index contributed by atoms with van der Waals surface area (Å²) in [6.45, 7) is -0.0147. The fraction of sp³-hybridized carbons (Fsp3) is 0.176. The Morgan fingerprint density at radius 1 is 1.37 bits per heavy atom. The molecule has 0 fully saturated rings. The number of hydrogen-bond donors (Lipinski definition) is 3. The standard InChI is InChI=1S/C17H13ClF3N7O2/c18-10-3-11(24-17(30)16(20)21)13-9(8-4-22-23-5-8)6-28(15(13)14(10)19)12-7-27(1-2-29)26-25-12/h3-7,16,29H,1-2H2,(H,22,23)(H,24,30). The van der Waals surface area contributed by atoms with Crippen LogP contribution in [0.5, 0.6) is 0 Å². The molecule has 9 nitrogen and oxygen atoms in total. The topological polar surface area (TPSA) is 114 Å². The molecule has 0 unspecified atom stereocenters. The Morgan fingerprint density at radius 2 is 2.17 bits per heavy atom. The molecule has 0 spiro atoms. The number of alkyl halides is 2. The molecule has 4 aromatic rings. The van der Waals surface area contributed by atoms with Gasteiger partial charge in [-0.2, -0.15) is 13.9 Å². The van der Waals surface area contributed by atoms with Gasteiger partial charge in [0.2, 0.25) is 0 Å². The van der Waals surface area contributed by atoms with Crippen molar-refractivity contribution < 1.29 is 23.1 Å². The van der Waals surface area contributed by atoms with Gasteiger partial charge in [0.25, 0.3) is 5.91 Å². The maximum atomic E-state index is 15.1. The van der Waals surface area contributed by atoms with Gasteiger partial charge in [-0.1, -0.05) is 16.8 Å². The molecule has 0 bridgehead atoms. The highest BCUT2D eigenvalue weighted by Crippen LogP contribution is 2.40. The smallest absolute Gasteiger partial charge is 0.315 e. The monoisotopic (exact) mass is 439 g/mol. The second-order valence-corrected chi connectivity index (χ2v) is 6.60. The molecule has 3 N–H and O–H groups in total. The molecule has 0 saturated heterocycles. The van der Waals surface area contributed by atoms with E-state index in [1.54, 1.807) is 0 Å². The second-order valence-electron chi connectivity index (χ2n) is 6.20. The Bertz CT molecular complexity index is 1220. The minimum absolute atomic E-state index is 0.0978. The average Bonchev–Trinajstić information content (AvgIpc) is 3.44. The van der Waals surface area contributed by atoms with E-state index in [4.69, 9.17) is 16.7 Å². The Kier molecular flexibility index (Phi) is 5.18. The zero-order valence-corrected chi connectivity index (χ0v) is 15.7. The van der Waals surface area contributed by atoms with Crippen LogP contribution in [0.25, 0.3) is 27.8 Å². The van der Waals surface area contributed by atoms with Gasteiger partial charge in [0.1, 0.15) is 0 Å². The largest absolute Gasteiger partial charge is 0.394 e. The SMILES string of the molecule is O=C(Nc1cc(Cl)c(F)c2c1c(-c1cn[nH]c1)cn2-c1cn(CCO)nn1)C(F)F. The van der Waals surface area contributed by atoms with E-state index in [0.717, 1.165) is 6.07 Å². The van der Waals surface area contributed by atoms with E-state index < -0.39 is 18.1 Å². The van der Waals surface area contributed by atoms with E-state index in [-0.39, 0.29) is 40.6 Å². The number of aromatic nitrogens is 6. The number of amides is 1. The second kappa shape index (κ2) is 7.80. The normalized spacial score (nSPS) is 11.5. The predicted octanol–water partition coefficient (Wildman–Crippen LogP) is 2.60. The Balaban J connectivity index is 2.01. The number of anilines is 1. The van der Waals surface area contributed by atoms with Crippen LogP contribution in [0.1, 0.15) is 0 Å². The number of aromatic amines is 1. The first kappa shape index (κ1) is 19.9. The number of H-pyrrole nitrogens is 1. The Labute approximate surface area is 171 Å². The molecule has 1 amide bonds. The first-order valence-corrected chi connectivity index (χ1v) is 8.91. The summed E-state index contributed by atoms with van der Waals surface area (Å²) in [6, 6.07) is 1.07. The van der Waals surface area contributed by atoms with Gasteiger partial charge in [-0.25, -0.2) is 9.07 Å². The maximum Gasteiger partial charge on any atom is 0.315 e. The summed E-state index contributed by atoms with van der Waals surface area (Å²) in [5.41, 5.74) is 0.699. The number of carbonyl (C=O) groups excluding carboxylic acids is 1. The van der Waals surface area contributed by atoms with Crippen molar-refractivity contribution >= 4 is 34.1 Å². The van der Waals surface area contributed by atoms with Gasteiger partial charge in [-0.3, -0.25) is 14.5 Å². The van der Waals surface area contributed by atoms with Crippen molar-refractivity contribution in [1.82, 2.24) is 29.8 Å². The van der Waals surface area contributed by atoms with Crippen LogP contribution in [-0.2, 0) is 11.3 Å². The molecule has 0 aliphatic heterocycles. The molecule has 0 atom stereocenters. The number of hydrogen-bond acceptors (Lipinski definition) is 5. The quantitative estimate of drug-likeness (QED) is 0.427. The van der Waals surface area contributed by atoms with Crippen LogP contribution in [0, 0.1) is 5.82 Å². The van der Waals surface area contributed by atoms with E-state index in [1.165, 1.54) is 34.0 Å². The molecule has 13 heteroatoms. The number of aliphatic hydroxyl groups is 1. The van der Waals surface area contributed by atoms with Crippen LogP contribution in [0.4, 0.5) is 18.9 Å². The molecular weight excluding hydrogens is 427 g/mol. The molecule has 0 radical (unpaired) electrons. The van der Waals surface area contributed by atoms with Crippen LogP contribution in [-0.4, -0.2) is 53.8 Å². The first-order chi connectivity index (χ1) is 14.4. The van der Waals surface area contributed by atoms with Crippen LogP contribution in [0.15, 0.2) is 30.9 Å². The Hall–Kier alpha value is -3.38. The molecule has 156 valence electrons. The van der Waals surface area contributed by atoms with E-state index in [9.17, 15) is 13.6 Å². The van der Waals surface area contributed by atoms with Crippen LogP contribution >= 0.6 is 11.6 Å². The lowest BCUT2D eigenvalue weighted by Gasteiger charge is -2.10. The van der Waals surface area contributed by atoms with E-state index >= 15 is 4.39 Å². The van der Waals surface area contributed by atoms with Crippen molar-refractivity contribution in [3.63, 3.8) is 0 Å². The average molecular weight is 440 g/mol. The van der Waals surface area contributed by atoms with Crippen molar-refractivity contribution in [3.8, 4) is 16.9 Å². The number of benzene rings is 1. The van der Waals surface area contributed by atoms with Crippen molar-refractivity contribution in [3.05, 3.63) is 41.7 Å². The van der Waals surface area contributed by atoms with Gasteiger partial charge in [0.05, 0.1) is 41.8 Å². The lowest BCUT2D eigenvalue weighted by atomic mass is 10.1. The third-order valence-corrected chi connectivity index (χ3v) is 4.61. The maximum absolute atomic E-state index is 15.1. The van der Waals surface area contributed by atoms with Crippen molar-refractivity contribution in [2.75, 3.05) is 11.9 Å². The molecule has 4 rings (SSSR count). The van der Waals surface area contributed by atoms with E-state index in [0.29, 0.717) is 11.1 Å². The number of aliphatic hydroxyl groups excluding tert-OH is 1. The lowest BCUT2D eigenvalue weighted by Crippen LogP contribution is -2.20. The fourth-order valence-electron chi connectivity index (χ4n) is 3.06. The predicted molar refractivity (Wildman–Crippen MR) is 101 cm³/mol. The van der Waals surface area contributed by atoms with Crippen LogP contribution in [0.3, 0.4) is 0 Å². The number of fused-ring (bicyclic) bond motifs is 1. The van der Waals surface area contributed by atoms with Gasteiger partial charge in [-0.15, -0.1) is 5.10 Å². The van der Waals surface area contributed by atoms with Crippen LogP contribution in [0.2, 0.25) is 5.02 Å². The first-order valence-electron chi connectivity index (χ1n) is 8.53. The van der Waals surface area contributed by atoms with Gasteiger partial charge < -0.3 is 10.4 Å². The number of carbonyl (C=O) groups is 1. The van der Waals surface area contributed by atoms with Crippen molar-refractivity contribution in [2.24, 2.45) is 0 Å². The summed E-state index contributed by atoms with van der Waals surface area (Å²) in [5, 5.41) is 25.2. The molecule has 3 aromatic heterocycles. The highest BCUT2D eigenvalue weighted by molar-refractivity contribution is 6.32. The van der Waals surface area contributed by atoms with Crippen molar-refractivity contribution in [1.29, 1.82) is 0 Å². The molecular formula is C17H13ClF3N7O2. The summed E-state index contributed by atoms with van der Waals surface area (Å²) in [5.74, 6) is -2.21. The third kappa shape index (κ3) is 3.39. The van der Waals surface area contributed by atoms with Gasteiger partial charge in [-0.05, 0) is 6.07 Å². The minimum Gasteiger partial charge on any atom is -0.394 e. The van der Waals surface area contributed by atoms with Crippen molar-refractivity contribution in [2.45, 2.75) is 13.0 Å². The lowest BCUT2D eigenvalue weighted by molar-refractivity contribution is -0.126. The summed E-state index contributed by atoms with van der Waals surface area (Å²) in [7, 11) is 0. The zero-order chi connectivity index (χ0) is 21.4. The Morgan fingerprint density at radius 3 is 2.83 bits per heavy atom. The minimum atomic E-state index is -3.28.